The Morgan fingerprint density at radius 1 is 1.25 bits per heavy atom. The van der Waals surface area contributed by atoms with Crippen LogP contribution in [0.3, 0.4) is 0 Å². The molecule has 0 rings (SSSR count). The Morgan fingerprint density at radius 3 is 2.25 bits per heavy atom. The van der Waals surface area contributed by atoms with E-state index in [0.29, 0.717) is 12.7 Å². The first-order chi connectivity index (χ1) is 7.29. The molecule has 0 bridgehead atoms. The summed E-state index contributed by atoms with van der Waals surface area (Å²) in [4.78, 5) is 22.4. The number of Topliss-reactive ketones (excluding diaryl/α,β-unsaturated/α-hetero) is 1. The molecule has 0 aliphatic heterocycles. The molecule has 90 valence electrons. The molecule has 0 aliphatic rings. The van der Waals surface area contributed by atoms with E-state index in [1.807, 2.05) is 6.92 Å². The van der Waals surface area contributed by atoms with Crippen molar-refractivity contribution in [3.05, 3.63) is 24.3 Å². The number of carbonyl (C=O) groups excluding carboxylic acids is 2. The van der Waals surface area contributed by atoms with Crippen LogP contribution in [-0.4, -0.2) is 12.1 Å². The van der Waals surface area contributed by atoms with E-state index >= 15 is 0 Å². The summed E-state index contributed by atoms with van der Waals surface area (Å²) in [5, 5.41) is 0. The molecule has 2 nitrogen and oxygen atoms in total. The fourth-order valence-electron chi connectivity index (χ4n) is 1.25. The highest BCUT2D eigenvalue weighted by Crippen LogP contribution is 2.20. The molecule has 0 radical (unpaired) electrons. The summed E-state index contributed by atoms with van der Waals surface area (Å²) in [5.74, 6) is -0.0529. The lowest BCUT2D eigenvalue weighted by atomic mass is 9.86. The van der Waals surface area contributed by atoms with Crippen LogP contribution in [0.2, 0.25) is 0 Å². The van der Waals surface area contributed by atoms with Crippen LogP contribution in [0.1, 0.15) is 46.5 Å². The second-order valence-electron chi connectivity index (χ2n) is 5.00. The highest BCUT2D eigenvalue weighted by Gasteiger charge is 2.26. The summed E-state index contributed by atoms with van der Waals surface area (Å²) in [6.45, 7) is 13.0. The van der Waals surface area contributed by atoms with Crippen molar-refractivity contribution in [3.8, 4) is 0 Å². The minimum absolute atomic E-state index is 0.0529. The van der Waals surface area contributed by atoms with Gasteiger partial charge in [-0.2, -0.15) is 0 Å². The summed E-state index contributed by atoms with van der Waals surface area (Å²) in [6, 6.07) is 0. The second kappa shape index (κ2) is 6.41. The van der Waals surface area contributed by atoms with Crippen LogP contribution in [-0.2, 0) is 9.59 Å². The van der Waals surface area contributed by atoms with Crippen LogP contribution in [0.25, 0.3) is 0 Å². The average Bonchev–Trinajstić information content (AvgIpc) is 2.16. The lowest BCUT2D eigenvalue weighted by Gasteiger charge is -2.15. The zero-order chi connectivity index (χ0) is 12.8. The van der Waals surface area contributed by atoms with Gasteiger partial charge in [0.1, 0.15) is 12.1 Å². The summed E-state index contributed by atoms with van der Waals surface area (Å²) < 4.78 is 0. The third kappa shape index (κ3) is 5.64. The third-order valence-corrected chi connectivity index (χ3v) is 2.56. The summed E-state index contributed by atoms with van der Waals surface area (Å²) in [6.07, 6.45) is 3.78. The number of carbonyl (C=O) groups is 2. The highest BCUT2D eigenvalue weighted by molar-refractivity contribution is 5.98. The number of hydrogen-bond acceptors (Lipinski definition) is 2. The normalized spacial score (nSPS) is 10.9. The van der Waals surface area contributed by atoms with Crippen molar-refractivity contribution in [2.75, 3.05) is 0 Å². The fourth-order valence-corrected chi connectivity index (χ4v) is 1.25. The SMILES string of the molecule is C=C(C)CCCC(=C)CC(=O)C(C)(C)C=O. The van der Waals surface area contributed by atoms with Crippen molar-refractivity contribution in [2.24, 2.45) is 5.41 Å². The van der Waals surface area contributed by atoms with Crippen LogP contribution >= 0.6 is 0 Å². The predicted octanol–water partition coefficient (Wildman–Crippen LogP) is 3.47. The zero-order valence-electron chi connectivity index (χ0n) is 10.6. The maximum absolute atomic E-state index is 11.7. The molecular weight excluding hydrogens is 200 g/mol. The molecule has 0 aromatic carbocycles. The van der Waals surface area contributed by atoms with Crippen molar-refractivity contribution in [3.63, 3.8) is 0 Å². The van der Waals surface area contributed by atoms with E-state index in [2.05, 4.69) is 13.2 Å². The monoisotopic (exact) mass is 222 g/mol. The zero-order valence-corrected chi connectivity index (χ0v) is 10.6. The van der Waals surface area contributed by atoms with Crippen molar-refractivity contribution >= 4 is 12.1 Å². The Morgan fingerprint density at radius 2 is 1.81 bits per heavy atom. The molecule has 0 aliphatic carbocycles. The Hall–Kier alpha value is -1.18. The number of allylic oxidation sites excluding steroid dienone is 2. The molecular formula is C14H22O2. The highest BCUT2D eigenvalue weighted by atomic mass is 16.1. The molecule has 0 unspecified atom stereocenters. The molecule has 0 aromatic heterocycles. The van der Waals surface area contributed by atoms with Gasteiger partial charge in [-0.05, 0) is 40.0 Å². The minimum Gasteiger partial charge on any atom is -0.302 e. The van der Waals surface area contributed by atoms with Crippen molar-refractivity contribution in [1.29, 1.82) is 0 Å². The Kier molecular flexibility index (Phi) is 5.94. The molecule has 16 heavy (non-hydrogen) atoms. The maximum Gasteiger partial charge on any atom is 0.149 e. The topological polar surface area (TPSA) is 34.1 Å². The number of hydrogen-bond donors (Lipinski definition) is 0. The Balaban J connectivity index is 4.02. The molecule has 0 saturated heterocycles. The standard InChI is InChI=1S/C14H22O2/c1-11(2)7-6-8-12(3)9-13(16)14(4,5)10-15/h10H,1,3,6-9H2,2,4-5H3. The number of aldehydes is 1. The summed E-state index contributed by atoms with van der Waals surface area (Å²) in [7, 11) is 0. The molecule has 0 fully saturated rings. The van der Waals surface area contributed by atoms with Gasteiger partial charge < -0.3 is 4.79 Å². The molecule has 0 aromatic rings. The number of rotatable bonds is 8. The Labute approximate surface area is 98.4 Å². The van der Waals surface area contributed by atoms with Gasteiger partial charge in [0.2, 0.25) is 0 Å². The summed E-state index contributed by atoms with van der Waals surface area (Å²) in [5.41, 5.74) is 1.17. The van der Waals surface area contributed by atoms with Gasteiger partial charge in [-0.1, -0.05) is 17.7 Å². The van der Waals surface area contributed by atoms with Gasteiger partial charge in [0.25, 0.3) is 0 Å². The molecule has 0 spiro atoms. The Bertz CT molecular complexity index is 298. The van der Waals surface area contributed by atoms with Crippen LogP contribution in [0, 0.1) is 5.41 Å². The molecule has 0 N–H and O–H groups in total. The largest absolute Gasteiger partial charge is 0.302 e. The fraction of sp³-hybridized carbons (Fsp3) is 0.571. The molecule has 0 saturated carbocycles. The molecule has 2 heteroatoms. The van der Waals surface area contributed by atoms with Gasteiger partial charge in [-0.15, -0.1) is 6.58 Å². The first-order valence-electron chi connectivity index (χ1n) is 5.60. The van der Waals surface area contributed by atoms with E-state index in [0.717, 1.165) is 30.4 Å². The van der Waals surface area contributed by atoms with E-state index in [-0.39, 0.29) is 5.78 Å². The van der Waals surface area contributed by atoms with Crippen LogP contribution < -0.4 is 0 Å². The van der Waals surface area contributed by atoms with E-state index in [4.69, 9.17) is 0 Å². The van der Waals surface area contributed by atoms with E-state index in [1.165, 1.54) is 0 Å². The van der Waals surface area contributed by atoms with Crippen molar-refractivity contribution in [2.45, 2.75) is 46.5 Å². The van der Waals surface area contributed by atoms with Gasteiger partial charge in [0.15, 0.2) is 0 Å². The maximum atomic E-state index is 11.7. The van der Waals surface area contributed by atoms with E-state index in [1.54, 1.807) is 13.8 Å². The van der Waals surface area contributed by atoms with E-state index < -0.39 is 5.41 Å². The predicted molar refractivity (Wildman–Crippen MR) is 67.3 cm³/mol. The lowest BCUT2D eigenvalue weighted by Crippen LogP contribution is -2.25. The quantitative estimate of drug-likeness (QED) is 0.358. The van der Waals surface area contributed by atoms with Gasteiger partial charge in [-0.3, -0.25) is 4.79 Å². The minimum atomic E-state index is -0.878. The van der Waals surface area contributed by atoms with Gasteiger partial charge in [0.05, 0.1) is 5.41 Å². The van der Waals surface area contributed by atoms with Crippen LogP contribution in [0.15, 0.2) is 24.3 Å². The van der Waals surface area contributed by atoms with Gasteiger partial charge in [0, 0.05) is 6.42 Å². The molecule has 0 amide bonds. The molecule has 0 heterocycles. The average molecular weight is 222 g/mol. The summed E-state index contributed by atoms with van der Waals surface area (Å²) >= 11 is 0. The van der Waals surface area contributed by atoms with Crippen molar-refractivity contribution < 1.29 is 9.59 Å². The third-order valence-electron chi connectivity index (χ3n) is 2.56. The van der Waals surface area contributed by atoms with Crippen LogP contribution in [0.4, 0.5) is 0 Å². The van der Waals surface area contributed by atoms with E-state index in [9.17, 15) is 9.59 Å². The van der Waals surface area contributed by atoms with Crippen molar-refractivity contribution in [1.82, 2.24) is 0 Å². The van der Waals surface area contributed by atoms with Gasteiger partial charge in [-0.25, -0.2) is 0 Å². The first-order valence-corrected chi connectivity index (χ1v) is 5.60. The number of ketones is 1. The van der Waals surface area contributed by atoms with Crippen LogP contribution in [0.5, 0.6) is 0 Å². The molecule has 0 atom stereocenters. The lowest BCUT2D eigenvalue weighted by molar-refractivity contribution is -0.132. The first kappa shape index (κ1) is 14.8. The smallest absolute Gasteiger partial charge is 0.149 e. The van der Waals surface area contributed by atoms with Gasteiger partial charge >= 0.3 is 0 Å². The second-order valence-corrected chi connectivity index (χ2v) is 5.00.